The Morgan fingerprint density at radius 1 is 1.00 bits per heavy atom. The summed E-state index contributed by atoms with van der Waals surface area (Å²) in [5.41, 5.74) is 4.66. The van der Waals surface area contributed by atoms with Crippen LogP contribution in [0.2, 0.25) is 0 Å². The average molecular weight is 523 g/mol. The SMILES string of the molecule is Cc1cccc(C)c1-c1nc2nc(c1C1CCOCC1)O[C@H](C)CNC(=O)c1cccc(c1)S(=O)(=O)N2. The van der Waals surface area contributed by atoms with E-state index in [4.69, 9.17) is 14.5 Å². The molecule has 3 aromatic rings. The predicted octanol–water partition coefficient (Wildman–Crippen LogP) is 3.97. The topological polar surface area (TPSA) is 120 Å². The summed E-state index contributed by atoms with van der Waals surface area (Å²) in [5.74, 6) is -0.0918. The molecule has 2 N–H and O–H groups in total. The number of benzene rings is 2. The van der Waals surface area contributed by atoms with Crippen LogP contribution in [0, 0.1) is 13.8 Å². The number of rotatable bonds is 2. The summed E-state index contributed by atoms with van der Waals surface area (Å²) in [6.45, 7) is 7.28. The molecule has 0 saturated carbocycles. The van der Waals surface area contributed by atoms with Crippen LogP contribution in [0.25, 0.3) is 11.3 Å². The van der Waals surface area contributed by atoms with Gasteiger partial charge >= 0.3 is 0 Å². The van der Waals surface area contributed by atoms with Gasteiger partial charge in [-0.25, -0.2) is 18.1 Å². The summed E-state index contributed by atoms with van der Waals surface area (Å²) in [4.78, 5) is 22.1. The lowest BCUT2D eigenvalue weighted by molar-refractivity contribution is 0.0836. The number of nitrogens with zero attached hydrogens (tertiary/aromatic N) is 2. The van der Waals surface area contributed by atoms with E-state index in [1.54, 1.807) is 6.07 Å². The number of anilines is 1. The van der Waals surface area contributed by atoms with Crippen molar-refractivity contribution in [2.24, 2.45) is 0 Å². The zero-order valence-corrected chi connectivity index (χ0v) is 21.9. The van der Waals surface area contributed by atoms with Gasteiger partial charge in [0.25, 0.3) is 15.9 Å². The second-order valence-corrected chi connectivity index (χ2v) is 11.2. The second kappa shape index (κ2) is 10.1. The maximum absolute atomic E-state index is 13.3. The van der Waals surface area contributed by atoms with Crippen LogP contribution in [0.4, 0.5) is 5.95 Å². The smallest absolute Gasteiger partial charge is 0.264 e. The van der Waals surface area contributed by atoms with Crippen molar-refractivity contribution in [3.63, 3.8) is 0 Å². The first-order chi connectivity index (χ1) is 17.7. The number of carbonyl (C=O) groups is 1. The van der Waals surface area contributed by atoms with Crippen molar-refractivity contribution in [3.05, 3.63) is 64.7 Å². The first-order valence-corrected chi connectivity index (χ1v) is 13.9. The number of hydrogen-bond donors (Lipinski definition) is 2. The van der Waals surface area contributed by atoms with E-state index in [1.165, 1.54) is 18.2 Å². The van der Waals surface area contributed by atoms with E-state index in [0.29, 0.717) is 24.8 Å². The van der Waals surface area contributed by atoms with Gasteiger partial charge in [-0.2, -0.15) is 4.98 Å². The third-order valence-corrected chi connectivity index (χ3v) is 8.08. The Bertz CT molecular complexity index is 1430. The van der Waals surface area contributed by atoms with Crippen LogP contribution in [-0.4, -0.2) is 50.2 Å². The van der Waals surface area contributed by atoms with Gasteiger partial charge in [0.2, 0.25) is 11.8 Å². The first kappa shape index (κ1) is 25.2. The van der Waals surface area contributed by atoms with E-state index >= 15 is 0 Å². The largest absolute Gasteiger partial charge is 0.472 e. The minimum absolute atomic E-state index is 0.0550. The number of amides is 1. The van der Waals surface area contributed by atoms with Gasteiger partial charge in [0.15, 0.2) is 0 Å². The van der Waals surface area contributed by atoms with Gasteiger partial charge in [0.05, 0.1) is 17.1 Å². The molecule has 0 spiro atoms. The zero-order chi connectivity index (χ0) is 26.2. The highest BCUT2D eigenvalue weighted by atomic mass is 32.2. The van der Waals surface area contributed by atoms with Gasteiger partial charge < -0.3 is 14.8 Å². The molecular formula is C27H30N4O5S. The molecule has 1 amide bonds. The van der Waals surface area contributed by atoms with E-state index < -0.39 is 16.1 Å². The fraction of sp³-hybridized carbons (Fsp3) is 0.370. The van der Waals surface area contributed by atoms with Gasteiger partial charge in [-0.3, -0.25) is 4.79 Å². The highest BCUT2D eigenvalue weighted by Gasteiger charge is 2.30. The number of fused-ring (bicyclic) bond motifs is 4. The van der Waals surface area contributed by atoms with Crippen molar-refractivity contribution in [1.29, 1.82) is 0 Å². The van der Waals surface area contributed by atoms with E-state index in [9.17, 15) is 13.2 Å². The van der Waals surface area contributed by atoms with Crippen LogP contribution in [-0.2, 0) is 14.8 Å². The van der Waals surface area contributed by atoms with E-state index in [2.05, 4.69) is 15.0 Å². The maximum Gasteiger partial charge on any atom is 0.264 e. The summed E-state index contributed by atoms with van der Waals surface area (Å²) >= 11 is 0. The van der Waals surface area contributed by atoms with Crippen LogP contribution < -0.4 is 14.8 Å². The van der Waals surface area contributed by atoms with Gasteiger partial charge in [0.1, 0.15) is 6.10 Å². The van der Waals surface area contributed by atoms with Crippen molar-refractivity contribution in [1.82, 2.24) is 15.3 Å². The lowest BCUT2D eigenvalue weighted by Crippen LogP contribution is -2.34. The summed E-state index contributed by atoms with van der Waals surface area (Å²) in [6, 6.07) is 11.9. The van der Waals surface area contributed by atoms with Crippen LogP contribution in [0.3, 0.4) is 0 Å². The predicted molar refractivity (Wildman–Crippen MR) is 139 cm³/mol. The van der Waals surface area contributed by atoms with Gasteiger partial charge in [-0.1, -0.05) is 24.3 Å². The number of sulfonamides is 1. The fourth-order valence-corrected chi connectivity index (χ4v) is 5.86. The molecular weight excluding hydrogens is 492 g/mol. The van der Waals surface area contributed by atoms with E-state index in [0.717, 1.165) is 35.1 Å². The Morgan fingerprint density at radius 2 is 1.70 bits per heavy atom. The number of hydrogen-bond acceptors (Lipinski definition) is 7. The molecule has 194 valence electrons. The molecule has 5 rings (SSSR count). The molecule has 2 aliphatic heterocycles. The summed E-state index contributed by atoms with van der Waals surface area (Å²) < 4.78 is 41.1. The van der Waals surface area contributed by atoms with Crippen LogP contribution in [0.5, 0.6) is 5.88 Å². The minimum atomic E-state index is -4.08. The van der Waals surface area contributed by atoms with Crippen LogP contribution in [0.1, 0.15) is 52.7 Å². The molecule has 37 heavy (non-hydrogen) atoms. The molecule has 2 aromatic carbocycles. The molecule has 3 heterocycles. The standard InChI is InChI=1S/C27H30N4O5S/c1-16-6-4-7-17(2)22(16)24-23(19-10-12-35-13-11-19)26-30-27(29-24)31-37(33,34)21-9-5-8-20(14-21)25(32)28-15-18(3)36-26/h4-9,14,18-19H,10-13,15H2,1-3H3,(H,28,32)(H,29,30,31)/t18-/m1/s1. The normalized spacial score (nSPS) is 19.9. The summed E-state index contributed by atoms with van der Waals surface area (Å²) in [6.07, 6.45) is 1.09. The Balaban J connectivity index is 1.75. The lowest BCUT2D eigenvalue weighted by atomic mass is 9.87. The third-order valence-electron chi connectivity index (χ3n) is 6.75. The van der Waals surface area contributed by atoms with Gasteiger partial charge in [0, 0.05) is 29.9 Å². The highest BCUT2D eigenvalue weighted by Crippen LogP contribution is 2.42. The van der Waals surface area contributed by atoms with Crippen molar-refractivity contribution in [3.8, 4) is 17.1 Å². The quantitative estimate of drug-likeness (QED) is 0.523. The molecule has 2 aliphatic rings. The fourth-order valence-electron chi connectivity index (χ4n) is 4.87. The monoisotopic (exact) mass is 522 g/mol. The van der Waals surface area contributed by atoms with Crippen molar-refractivity contribution >= 4 is 21.9 Å². The first-order valence-electron chi connectivity index (χ1n) is 12.4. The van der Waals surface area contributed by atoms with E-state index in [-0.39, 0.29) is 34.8 Å². The number of nitrogens with one attached hydrogen (secondary N) is 2. The molecule has 1 fully saturated rings. The van der Waals surface area contributed by atoms with Crippen molar-refractivity contribution in [2.45, 2.75) is 50.5 Å². The lowest BCUT2D eigenvalue weighted by Gasteiger charge is -2.28. The Kier molecular flexibility index (Phi) is 6.87. The van der Waals surface area contributed by atoms with Crippen molar-refractivity contribution < 1.29 is 22.7 Å². The molecule has 0 aliphatic carbocycles. The Morgan fingerprint density at radius 3 is 2.43 bits per heavy atom. The molecule has 1 aromatic heterocycles. The van der Waals surface area contributed by atoms with Crippen molar-refractivity contribution in [2.75, 3.05) is 24.5 Å². The number of ether oxygens (including phenoxy) is 2. The molecule has 0 unspecified atom stereocenters. The molecule has 4 bridgehead atoms. The maximum atomic E-state index is 13.3. The highest BCUT2D eigenvalue weighted by molar-refractivity contribution is 7.92. The summed E-state index contributed by atoms with van der Waals surface area (Å²) in [5, 5.41) is 2.84. The molecule has 10 heteroatoms. The average Bonchev–Trinajstić information content (AvgIpc) is 2.87. The second-order valence-electron chi connectivity index (χ2n) is 9.54. The van der Waals surface area contributed by atoms with Gasteiger partial charge in [-0.15, -0.1) is 0 Å². The number of aryl methyl sites for hydroxylation is 2. The van der Waals surface area contributed by atoms with Crippen LogP contribution >= 0.6 is 0 Å². The number of carbonyl (C=O) groups excluding carboxylic acids is 1. The zero-order valence-electron chi connectivity index (χ0n) is 21.1. The Labute approximate surface area is 216 Å². The number of aromatic nitrogens is 2. The molecule has 1 atom stereocenters. The third kappa shape index (κ3) is 5.17. The van der Waals surface area contributed by atoms with Crippen LogP contribution in [0.15, 0.2) is 47.4 Å². The minimum Gasteiger partial charge on any atom is -0.472 e. The summed E-state index contributed by atoms with van der Waals surface area (Å²) in [7, 11) is -4.08. The molecule has 1 saturated heterocycles. The van der Waals surface area contributed by atoms with Gasteiger partial charge in [-0.05, 0) is 68.9 Å². The molecule has 0 radical (unpaired) electrons. The van der Waals surface area contributed by atoms with E-state index in [1.807, 2.05) is 39.0 Å². The Hall–Kier alpha value is -3.50. The molecule has 9 nitrogen and oxygen atoms in total.